The first-order chi connectivity index (χ1) is 10.0. The number of nitrogens with zero attached hydrogens (tertiary/aromatic N) is 1. The molecule has 1 heterocycles. The van der Waals surface area contributed by atoms with E-state index in [0.717, 1.165) is 0 Å². The van der Waals surface area contributed by atoms with E-state index in [9.17, 15) is 9.90 Å². The topological polar surface area (TPSA) is 68.7 Å². The number of halogens is 2. The highest BCUT2D eigenvalue weighted by Gasteiger charge is 2.11. The van der Waals surface area contributed by atoms with Crippen molar-refractivity contribution in [3.8, 4) is 22.8 Å². The molecule has 1 aromatic carbocycles. The van der Waals surface area contributed by atoms with Crippen LogP contribution in [0.25, 0.3) is 11.3 Å². The average molecular weight is 328 g/mol. The molecule has 5 nitrogen and oxygen atoms in total. The molecule has 2 aromatic rings. The van der Waals surface area contributed by atoms with E-state index in [1.54, 1.807) is 12.1 Å². The molecule has 0 unspecified atom stereocenters. The van der Waals surface area contributed by atoms with E-state index in [0.29, 0.717) is 21.3 Å². The van der Waals surface area contributed by atoms with Gasteiger partial charge >= 0.3 is 5.97 Å². The normalized spacial score (nSPS) is 10.2. The van der Waals surface area contributed by atoms with E-state index in [2.05, 4.69) is 9.72 Å². The van der Waals surface area contributed by atoms with Gasteiger partial charge in [0.25, 0.3) is 0 Å². The van der Waals surface area contributed by atoms with Crippen LogP contribution in [0.4, 0.5) is 0 Å². The summed E-state index contributed by atoms with van der Waals surface area (Å²) in [7, 11) is 1.25. The van der Waals surface area contributed by atoms with E-state index in [4.69, 9.17) is 27.9 Å². The van der Waals surface area contributed by atoms with Crippen LogP contribution >= 0.6 is 23.2 Å². The number of hydrogen-bond donors (Lipinski definition) is 1. The van der Waals surface area contributed by atoms with E-state index in [1.165, 1.54) is 25.4 Å². The lowest BCUT2D eigenvalue weighted by Gasteiger charge is -2.09. The van der Waals surface area contributed by atoms with E-state index in [-0.39, 0.29) is 18.1 Å². The van der Waals surface area contributed by atoms with E-state index >= 15 is 0 Å². The maximum atomic E-state index is 11.0. The molecule has 0 saturated heterocycles. The van der Waals surface area contributed by atoms with Crippen LogP contribution in [0.15, 0.2) is 30.5 Å². The van der Waals surface area contributed by atoms with Gasteiger partial charge in [-0.25, -0.2) is 4.79 Å². The first-order valence-electron chi connectivity index (χ1n) is 5.85. The summed E-state index contributed by atoms with van der Waals surface area (Å²) in [5, 5.41) is 10.7. The number of esters is 1. The Labute approximate surface area is 131 Å². The molecule has 7 heteroatoms. The Kier molecular flexibility index (Phi) is 4.88. The molecule has 0 fully saturated rings. The van der Waals surface area contributed by atoms with Crippen LogP contribution < -0.4 is 4.74 Å². The number of carbonyl (C=O) groups is 1. The van der Waals surface area contributed by atoms with Gasteiger partial charge in [0.15, 0.2) is 18.1 Å². The average Bonchev–Trinajstić information content (AvgIpc) is 2.45. The first kappa shape index (κ1) is 15.4. The molecule has 0 radical (unpaired) electrons. The van der Waals surface area contributed by atoms with Crippen molar-refractivity contribution in [1.29, 1.82) is 0 Å². The molecule has 0 saturated carbocycles. The fourth-order valence-electron chi connectivity index (χ4n) is 1.61. The third kappa shape index (κ3) is 3.77. The Morgan fingerprint density at radius 3 is 2.71 bits per heavy atom. The Balaban J connectivity index is 2.24. The zero-order chi connectivity index (χ0) is 15.4. The van der Waals surface area contributed by atoms with Crippen LogP contribution in [0.5, 0.6) is 11.5 Å². The summed E-state index contributed by atoms with van der Waals surface area (Å²) in [4.78, 5) is 15.1. The summed E-state index contributed by atoms with van der Waals surface area (Å²) in [6.07, 6.45) is 1.46. The zero-order valence-electron chi connectivity index (χ0n) is 11.0. The van der Waals surface area contributed by atoms with E-state index in [1.807, 2.05) is 0 Å². The third-order valence-electron chi connectivity index (χ3n) is 2.61. The fourth-order valence-corrected chi connectivity index (χ4v) is 2.10. The summed E-state index contributed by atoms with van der Waals surface area (Å²) in [5.74, 6) is -0.514. The number of hydrogen-bond acceptors (Lipinski definition) is 5. The van der Waals surface area contributed by atoms with Gasteiger partial charge in [-0.3, -0.25) is 4.98 Å². The molecular weight excluding hydrogens is 317 g/mol. The lowest BCUT2D eigenvalue weighted by molar-refractivity contribution is -0.142. The van der Waals surface area contributed by atoms with Gasteiger partial charge in [-0.2, -0.15) is 0 Å². The number of benzene rings is 1. The minimum Gasteiger partial charge on any atom is -0.504 e. The third-order valence-corrected chi connectivity index (χ3v) is 3.11. The Morgan fingerprint density at radius 1 is 1.33 bits per heavy atom. The van der Waals surface area contributed by atoms with Crippen molar-refractivity contribution in [3.63, 3.8) is 0 Å². The molecule has 1 aromatic heterocycles. The summed E-state index contributed by atoms with van der Waals surface area (Å²) < 4.78 is 9.58. The largest absolute Gasteiger partial charge is 0.504 e. The molecule has 0 bridgehead atoms. The van der Waals surface area contributed by atoms with Gasteiger partial charge in [-0.05, 0) is 24.3 Å². The highest BCUT2D eigenvalue weighted by molar-refractivity contribution is 6.36. The van der Waals surface area contributed by atoms with E-state index < -0.39 is 5.97 Å². The van der Waals surface area contributed by atoms with Crippen molar-refractivity contribution in [1.82, 2.24) is 4.98 Å². The number of pyridine rings is 1. The summed E-state index contributed by atoms with van der Waals surface area (Å²) in [6, 6.07) is 6.17. The van der Waals surface area contributed by atoms with Crippen LogP contribution in [0.1, 0.15) is 0 Å². The molecule has 110 valence electrons. The Morgan fingerprint density at radius 2 is 2.10 bits per heavy atom. The zero-order valence-corrected chi connectivity index (χ0v) is 12.5. The van der Waals surface area contributed by atoms with Crippen molar-refractivity contribution in [2.75, 3.05) is 13.7 Å². The monoisotopic (exact) mass is 327 g/mol. The molecule has 0 spiro atoms. The van der Waals surface area contributed by atoms with Gasteiger partial charge in [-0.1, -0.05) is 23.2 Å². The molecule has 0 aliphatic carbocycles. The van der Waals surface area contributed by atoms with Crippen molar-refractivity contribution in [2.45, 2.75) is 0 Å². The quantitative estimate of drug-likeness (QED) is 0.872. The van der Waals surface area contributed by atoms with Crippen LogP contribution in [0, 0.1) is 0 Å². The molecule has 2 rings (SSSR count). The maximum Gasteiger partial charge on any atom is 0.343 e. The van der Waals surface area contributed by atoms with Crippen LogP contribution in [-0.4, -0.2) is 29.8 Å². The molecular formula is C14H11Cl2NO4. The lowest BCUT2D eigenvalue weighted by Crippen LogP contribution is -2.12. The number of methoxy groups -OCH3 is 1. The highest BCUT2D eigenvalue weighted by atomic mass is 35.5. The maximum absolute atomic E-state index is 11.0. The Hall–Kier alpha value is -1.98. The molecule has 0 aliphatic heterocycles. The molecule has 1 N–H and O–H groups in total. The minimum absolute atomic E-state index is 0.135. The van der Waals surface area contributed by atoms with Gasteiger partial charge < -0.3 is 14.6 Å². The van der Waals surface area contributed by atoms with Gasteiger partial charge in [0.1, 0.15) is 0 Å². The van der Waals surface area contributed by atoms with Crippen molar-refractivity contribution >= 4 is 29.2 Å². The Bertz CT molecular complexity index is 676. The van der Waals surface area contributed by atoms with Gasteiger partial charge in [0.2, 0.25) is 0 Å². The predicted octanol–water partition coefficient (Wildman–Crippen LogP) is 3.31. The predicted molar refractivity (Wildman–Crippen MR) is 78.9 cm³/mol. The number of aromatic nitrogens is 1. The van der Waals surface area contributed by atoms with Gasteiger partial charge in [0.05, 0.1) is 22.8 Å². The summed E-state index contributed by atoms with van der Waals surface area (Å²) >= 11 is 11.8. The van der Waals surface area contributed by atoms with Crippen LogP contribution in [0.2, 0.25) is 10.0 Å². The second-order valence-corrected chi connectivity index (χ2v) is 4.87. The SMILES string of the molecule is COC(=O)COc1ccc(-c2ncc(Cl)cc2Cl)cc1O. The number of rotatable bonds is 4. The van der Waals surface area contributed by atoms with Crippen LogP contribution in [-0.2, 0) is 9.53 Å². The smallest absolute Gasteiger partial charge is 0.343 e. The molecule has 0 amide bonds. The fraction of sp³-hybridized carbons (Fsp3) is 0.143. The van der Waals surface area contributed by atoms with Gasteiger partial charge in [-0.15, -0.1) is 0 Å². The standard InChI is InChI=1S/C14H11Cl2NO4/c1-20-13(19)7-21-12-3-2-8(4-11(12)18)14-10(16)5-9(15)6-17-14/h2-6,18H,7H2,1H3. The number of carbonyl (C=O) groups excluding carboxylic acids is 1. The van der Waals surface area contributed by atoms with Gasteiger partial charge in [0, 0.05) is 11.8 Å². The number of ether oxygens (including phenoxy) is 2. The second-order valence-electron chi connectivity index (χ2n) is 4.03. The van der Waals surface area contributed by atoms with Crippen molar-refractivity contribution in [2.24, 2.45) is 0 Å². The van der Waals surface area contributed by atoms with Crippen LogP contribution in [0.3, 0.4) is 0 Å². The number of phenolic OH excluding ortho intramolecular Hbond substituents is 1. The lowest BCUT2D eigenvalue weighted by atomic mass is 10.1. The number of aromatic hydroxyl groups is 1. The van der Waals surface area contributed by atoms with Crippen molar-refractivity contribution < 1.29 is 19.4 Å². The minimum atomic E-state index is -0.541. The molecule has 0 aliphatic rings. The number of phenols is 1. The highest BCUT2D eigenvalue weighted by Crippen LogP contribution is 2.34. The summed E-state index contributed by atoms with van der Waals surface area (Å²) in [6.45, 7) is -0.288. The summed E-state index contributed by atoms with van der Waals surface area (Å²) in [5.41, 5.74) is 1.08. The molecule has 21 heavy (non-hydrogen) atoms. The first-order valence-corrected chi connectivity index (χ1v) is 6.61. The molecule has 0 atom stereocenters. The van der Waals surface area contributed by atoms with Crippen molar-refractivity contribution in [3.05, 3.63) is 40.5 Å². The second kappa shape index (κ2) is 6.65.